The standard InChI is InChI=1S/C17H25F9O2/c18-14(19,15(20,21)16(22,23)17(24,25)26)9-5-2-1-3-6-10-27-12-13-8-4-7-11-28-13/h13H,1-12H2. The Hall–Kier alpha value is -0.710. The summed E-state index contributed by atoms with van der Waals surface area (Å²) in [4.78, 5) is 0. The third-order valence-electron chi connectivity index (χ3n) is 4.57. The molecule has 0 aromatic rings. The molecule has 1 aliphatic heterocycles. The highest BCUT2D eigenvalue weighted by Gasteiger charge is 2.81. The first-order valence-electron chi connectivity index (χ1n) is 9.22. The van der Waals surface area contributed by atoms with Crippen LogP contribution >= 0.6 is 0 Å². The van der Waals surface area contributed by atoms with E-state index in [0.717, 1.165) is 19.3 Å². The second kappa shape index (κ2) is 10.4. The van der Waals surface area contributed by atoms with Crippen LogP contribution in [-0.4, -0.2) is 49.9 Å². The minimum absolute atomic E-state index is 0.00892. The summed E-state index contributed by atoms with van der Waals surface area (Å²) < 4.78 is 125. The van der Waals surface area contributed by atoms with Gasteiger partial charge in [0, 0.05) is 19.6 Å². The van der Waals surface area contributed by atoms with Crippen molar-refractivity contribution in [2.24, 2.45) is 0 Å². The molecule has 1 aliphatic rings. The Morgan fingerprint density at radius 1 is 0.750 bits per heavy atom. The molecule has 1 saturated heterocycles. The van der Waals surface area contributed by atoms with Gasteiger partial charge >= 0.3 is 23.9 Å². The van der Waals surface area contributed by atoms with Crippen molar-refractivity contribution < 1.29 is 49.0 Å². The second-order valence-electron chi connectivity index (χ2n) is 6.93. The first-order valence-corrected chi connectivity index (χ1v) is 9.22. The van der Waals surface area contributed by atoms with E-state index in [4.69, 9.17) is 9.47 Å². The molecule has 168 valence electrons. The highest BCUT2D eigenvalue weighted by Crippen LogP contribution is 2.54. The number of hydrogen-bond donors (Lipinski definition) is 0. The fraction of sp³-hybridized carbons (Fsp3) is 1.00. The number of rotatable bonds is 12. The molecule has 0 bridgehead atoms. The monoisotopic (exact) mass is 432 g/mol. The van der Waals surface area contributed by atoms with Gasteiger partial charge < -0.3 is 9.47 Å². The van der Waals surface area contributed by atoms with E-state index in [9.17, 15) is 39.5 Å². The molecular formula is C17H25F9O2. The van der Waals surface area contributed by atoms with Crippen LogP contribution in [0.2, 0.25) is 0 Å². The molecule has 1 fully saturated rings. The molecule has 0 radical (unpaired) electrons. The minimum atomic E-state index is -6.80. The van der Waals surface area contributed by atoms with Crippen LogP contribution in [0.3, 0.4) is 0 Å². The molecule has 0 N–H and O–H groups in total. The predicted octanol–water partition coefficient (Wildman–Crippen LogP) is 6.38. The molecule has 0 spiro atoms. The van der Waals surface area contributed by atoms with Crippen LogP contribution in [0.15, 0.2) is 0 Å². The highest BCUT2D eigenvalue weighted by molar-refractivity contribution is 5.00. The predicted molar refractivity (Wildman–Crippen MR) is 83.0 cm³/mol. The Morgan fingerprint density at radius 3 is 1.93 bits per heavy atom. The number of unbranched alkanes of at least 4 members (excludes halogenated alkanes) is 4. The summed E-state index contributed by atoms with van der Waals surface area (Å²) in [6.07, 6.45) is -4.54. The largest absolute Gasteiger partial charge is 0.460 e. The Bertz CT molecular complexity index is 446. The molecule has 11 heteroatoms. The van der Waals surface area contributed by atoms with Crippen molar-refractivity contribution in [3.05, 3.63) is 0 Å². The zero-order valence-corrected chi connectivity index (χ0v) is 15.3. The molecule has 0 saturated carbocycles. The van der Waals surface area contributed by atoms with Crippen molar-refractivity contribution in [3.8, 4) is 0 Å². The average molecular weight is 432 g/mol. The number of ether oxygens (including phenoxy) is 2. The summed E-state index contributed by atoms with van der Waals surface area (Å²) in [5, 5.41) is 0. The molecule has 0 amide bonds. The summed E-state index contributed by atoms with van der Waals surface area (Å²) in [6.45, 7) is 1.56. The van der Waals surface area contributed by atoms with Gasteiger partial charge in [0.25, 0.3) is 0 Å². The average Bonchev–Trinajstić information content (AvgIpc) is 2.59. The van der Waals surface area contributed by atoms with Crippen LogP contribution in [0.4, 0.5) is 39.5 Å². The van der Waals surface area contributed by atoms with E-state index in [1.54, 1.807) is 0 Å². The van der Waals surface area contributed by atoms with Crippen LogP contribution < -0.4 is 0 Å². The summed E-state index contributed by atoms with van der Waals surface area (Å²) in [5.74, 6) is -18.8. The lowest BCUT2D eigenvalue weighted by Crippen LogP contribution is -2.60. The fourth-order valence-electron chi connectivity index (χ4n) is 2.80. The van der Waals surface area contributed by atoms with Crippen LogP contribution in [-0.2, 0) is 9.47 Å². The third-order valence-corrected chi connectivity index (χ3v) is 4.57. The van der Waals surface area contributed by atoms with Gasteiger partial charge in [0.05, 0.1) is 12.7 Å². The SMILES string of the molecule is FC(F)(F)C(F)(F)C(F)(F)C(F)(F)CCCCCCCOCC1CCCCO1. The van der Waals surface area contributed by atoms with Gasteiger partial charge in [0.15, 0.2) is 0 Å². The van der Waals surface area contributed by atoms with Crippen LogP contribution in [0.1, 0.15) is 57.8 Å². The van der Waals surface area contributed by atoms with E-state index in [1.165, 1.54) is 0 Å². The van der Waals surface area contributed by atoms with Gasteiger partial charge in [0.2, 0.25) is 0 Å². The quantitative estimate of drug-likeness (QED) is 0.263. The molecule has 28 heavy (non-hydrogen) atoms. The summed E-state index contributed by atoms with van der Waals surface area (Å²) >= 11 is 0. The van der Waals surface area contributed by atoms with Gasteiger partial charge in [0.1, 0.15) is 0 Å². The van der Waals surface area contributed by atoms with Gasteiger partial charge in [-0.25, -0.2) is 0 Å². The number of halogens is 9. The molecule has 1 unspecified atom stereocenters. The van der Waals surface area contributed by atoms with Crippen molar-refractivity contribution in [2.45, 2.75) is 87.8 Å². The highest BCUT2D eigenvalue weighted by atomic mass is 19.4. The first kappa shape index (κ1) is 25.3. The summed E-state index contributed by atoms with van der Waals surface area (Å²) in [6, 6.07) is 0. The molecular weight excluding hydrogens is 407 g/mol. The van der Waals surface area contributed by atoms with E-state index < -0.39 is 36.8 Å². The van der Waals surface area contributed by atoms with E-state index in [-0.39, 0.29) is 12.5 Å². The molecule has 1 heterocycles. The van der Waals surface area contributed by atoms with Crippen LogP contribution in [0, 0.1) is 0 Å². The Balaban J connectivity index is 2.20. The number of hydrogen-bond acceptors (Lipinski definition) is 2. The maximum Gasteiger partial charge on any atom is 0.460 e. The lowest BCUT2D eigenvalue weighted by Gasteiger charge is -2.33. The van der Waals surface area contributed by atoms with E-state index in [2.05, 4.69) is 0 Å². The first-order chi connectivity index (χ1) is 12.8. The van der Waals surface area contributed by atoms with Gasteiger partial charge in [-0.3, -0.25) is 0 Å². The summed E-state index contributed by atoms with van der Waals surface area (Å²) in [5.41, 5.74) is 0. The maximum atomic E-state index is 13.3. The molecule has 1 atom stereocenters. The van der Waals surface area contributed by atoms with E-state index in [0.29, 0.717) is 39.1 Å². The van der Waals surface area contributed by atoms with E-state index >= 15 is 0 Å². The molecule has 0 aliphatic carbocycles. The van der Waals surface area contributed by atoms with E-state index in [1.807, 2.05) is 0 Å². The molecule has 0 aromatic heterocycles. The fourth-order valence-corrected chi connectivity index (χ4v) is 2.80. The van der Waals surface area contributed by atoms with Crippen molar-refractivity contribution in [3.63, 3.8) is 0 Å². The Labute approximate surface area is 157 Å². The van der Waals surface area contributed by atoms with Crippen LogP contribution in [0.5, 0.6) is 0 Å². The topological polar surface area (TPSA) is 18.5 Å². The van der Waals surface area contributed by atoms with Crippen molar-refractivity contribution in [1.29, 1.82) is 0 Å². The second-order valence-corrected chi connectivity index (χ2v) is 6.93. The third kappa shape index (κ3) is 6.67. The van der Waals surface area contributed by atoms with Crippen molar-refractivity contribution in [2.75, 3.05) is 19.8 Å². The Kier molecular flexibility index (Phi) is 9.37. The lowest BCUT2D eigenvalue weighted by atomic mass is 9.98. The van der Waals surface area contributed by atoms with Gasteiger partial charge in [-0.05, 0) is 32.1 Å². The van der Waals surface area contributed by atoms with Crippen LogP contribution in [0.25, 0.3) is 0 Å². The smallest absolute Gasteiger partial charge is 0.379 e. The molecule has 0 aromatic carbocycles. The van der Waals surface area contributed by atoms with Gasteiger partial charge in [-0.2, -0.15) is 39.5 Å². The number of alkyl halides is 9. The molecule has 1 rings (SSSR count). The lowest BCUT2D eigenvalue weighted by molar-refractivity contribution is -0.396. The summed E-state index contributed by atoms with van der Waals surface area (Å²) in [7, 11) is 0. The maximum absolute atomic E-state index is 13.3. The van der Waals surface area contributed by atoms with Gasteiger partial charge in [-0.1, -0.05) is 19.3 Å². The molecule has 2 nitrogen and oxygen atoms in total. The normalized spacial score (nSPS) is 19.8. The van der Waals surface area contributed by atoms with Crippen molar-refractivity contribution >= 4 is 0 Å². The zero-order valence-electron chi connectivity index (χ0n) is 15.3. The zero-order chi connectivity index (χ0) is 21.5. The van der Waals surface area contributed by atoms with Crippen molar-refractivity contribution in [1.82, 2.24) is 0 Å². The minimum Gasteiger partial charge on any atom is -0.379 e. The Morgan fingerprint density at radius 2 is 1.36 bits per heavy atom. The van der Waals surface area contributed by atoms with Gasteiger partial charge in [-0.15, -0.1) is 0 Å².